The third-order valence-corrected chi connectivity index (χ3v) is 2.38. The number of hydrogen-bond acceptors (Lipinski definition) is 2. The molecule has 0 bridgehead atoms. The molecule has 0 atom stereocenters. The zero-order chi connectivity index (χ0) is 13.4. The molecule has 0 fully saturated rings. The lowest BCUT2D eigenvalue weighted by Crippen LogP contribution is -2.47. The van der Waals surface area contributed by atoms with Crippen LogP contribution in [-0.2, 0) is 6.54 Å². The number of aryl methyl sites for hydroxylation is 1. The summed E-state index contributed by atoms with van der Waals surface area (Å²) in [7, 11) is 0. The van der Waals surface area contributed by atoms with E-state index in [4.69, 9.17) is 0 Å². The van der Waals surface area contributed by atoms with Crippen LogP contribution in [0, 0.1) is 6.92 Å². The Balaban J connectivity index is 0.000000180. The van der Waals surface area contributed by atoms with Crippen molar-refractivity contribution in [3.05, 3.63) is 71.3 Å². The first-order valence-electron chi connectivity index (χ1n) is 5.74. The van der Waals surface area contributed by atoms with Gasteiger partial charge in [0.15, 0.2) is 0 Å². The molecule has 3 heteroatoms. The van der Waals surface area contributed by atoms with E-state index in [2.05, 4.69) is 36.9 Å². The van der Waals surface area contributed by atoms with Gasteiger partial charge in [0.05, 0.1) is 12.5 Å². The Morgan fingerprint density at radius 3 is 2.17 bits per heavy atom. The van der Waals surface area contributed by atoms with E-state index in [0.717, 1.165) is 6.54 Å². The maximum absolute atomic E-state index is 10.1. The van der Waals surface area contributed by atoms with Gasteiger partial charge in [-0.25, -0.2) is 0 Å². The molecule has 0 saturated carbocycles. The van der Waals surface area contributed by atoms with E-state index in [1.807, 2.05) is 0 Å². The second-order valence-electron chi connectivity index (χ2n) is 3.89. The Morgan fingerprint density at radius 1 is 1.11 bits per heavy atom. The third kappa shape index (κ3) is 4.80. The molecular formula is C15H17NO2. The van der Waals surface area contributed by atoms with Crippen LogP contribution < -0.4 is 10.8 Å². The molecule has 2 aromatic carbocycles. The number of quaternary nitrogens is 1. The van der Waals surface area contributed by atoms with Gasteiger partial charge < -0.3 is 15.6 Å². The second kappa shape index (κ2) is 7.25. The van der Waals surface area contributed by atoms with Gasteiger partial charge in [0.1, 0.15) is 0 Å². The number of benzene rings is 2. The van der Waals surface area contributed by atoms with Crippen molar-refractivity contribution in [1.82, 2.24) is 0 Å². The summed E-state index contributed by atoms with van der Waals surface area (Å²) in [5.74, 6) is -1.13. The Hall–Kier alpha value is -2.13. The van der Waals surface area contributed by atoms with Gasteiger partial charge >= 0.3 is 0 Å². The number of aromatic carboxylic acids is 1. The predicted molar refractivity (Wildman–Crippen MR) is 68.5 cm³/mol. The molecule has 0 aliphatic rings. The lowest BCUT2D eigenvalue weighted by atomic mass is 10.1. The normalized spacial score (nSPS) is 9.22. The van der Waals surface area contributed by atoms with Crippen molar-refractivity contribution in [1.29, 1.82) is 0 Å². The topological polar surface area (TPSA) is 67.8 Å². The summed E-state index contributed by atoms with van der Waals surface area (Å²) in [6.07, 6.45) is 0. The first kappa shape index (κ1) is 13.9. The first-order valence-corrected chi connectivity index (χ1v) is 5.74. The molecule has 3 nitrogen and oxygen atoms in total. The summed E-state index contributed by atoms with van der Waals surface area (Å²) in [5, 5.41) is 10.1. The van der Waals surface area contributed by atoms with E-state index >= 15 is 0 Å². The van der Waals surface area contributed by atoms with Crippen LogP contribution in [-0.4, -0.2) is 5.97 Å². The largest absolute Gasteiger partial charge is 0.545 e. The average molecular weight is 243 g/mol. The Kier molecular flexibility index (Phi) is 5.61. The van der Waals surface area contributed by atoms with E-state index in [-0.39, 0.29) is 5.56 Å². The Bertz CT molecular complexity index is 495. The molecule has 2 aromatic rings. The van der Waals surface area contributed by atoms with Crippen LogP contribution in [0.2, 0.25) is 0 Å². The monoisotopic (exact) mass is 243 g/mol. The van der Waals surface area contributed by atoms with E-state index in [0.29, 0.717) is 0 Å². The second-order valence-corrected chi connectivity index (χ2v) is 3.89. The van der Waals surface area contributed by atoms with Crippen LogP contribution in [0.5, 0.6) is 0 Å². The van der Waals surface area contributed by atoms with Gasteiger partial charge in [0.25, 0.3) is 0 Å². The SMILES string of the molecule is Cc1cccc(C[NH3+])c1.O=C([O-])c1ccccc1. The van der Waals surface area contributed by atoms with Crippen LogP contribution in [0.15, 0.2) is 54.6 Å². The average Bonchev–Trinajstić information content (AvgIpc) is 2.40. The summed E-state index contributed by atoms with van der Waals surface area (Å²) in [6, 6.07) is 16.5. The van der Waals surface area contributed by atoms with Crippen molar-refractivity contribution < 1.29 is 15.6 Å². The van der Waals surface area contributed by atoms with Crippen LogP contribution in [0.3, 0.4) is 0 Å². The minimum Gasteiger partial charge on any atom is -0.545 e. The fraction of sp³-hybridized carbons (Fsp3) is 0.133. The Labute approximate surface area is 107 Å². The number of carbonyl (C=O) groups is 1. The van der Waals surface area contributed by atoms with Crippen molar-refractivity contribution in [2.45, 2.75) is 13.5 Å². The smallest absolute Gasteiger partial charge is 0.0997 e. The molecule has 0 radical (unpaired) electrons. The van der Waals surface area contributed by atoms with Gasteiger partial charge in [-0.3, -0.25) is 0 Å². The first-order chi connectivity index (χ1) is 8.63. The summed E-state index contributed by atoms with van der Waals surface area (Å²) in [4.78, 5) is 10.1. The van der Waals surface area contributed by atoms with Crippen LogP contribution >= 0.6 is 0 Å². The quantitative estimate of drug-likeness (QED) is 0.847. The van der Waals surface area contributed by atoms with E-state index < -0.39 is 5.97 Å². The highest BCUT2D eigenvalue weighted by molar-refractivity contribution is 5.85. The molecule has 0 aliphatic carbocycles. The zero-order valence-corrected chi connectivity index (χ0v) is 10.4. The summed E-state index contributed by atoms with van der Waals surface area (Å²) in [6.45, 7) is 2.99. The standard InChI is InChI=1S/C8H11N.C7H6O2/c1-7-3-2-4-8(5-7)6-9;8-7(9)6-4-2-1-3-5-6/h2-5H,6,9H2,1H3;1-5H,(H,8,9). The highest BCUT2D eigenvalue weighted by atomic mass is 16.4. The van der Waals surface area contributed by atoms with Gasteiger partial charge in [0.2, 0.25) is 0 Å². The molecule has 0 heterocycles. The fourth-order valence-corrected chi connectivity index (χ4v) is 1.44. The van der Waals surface area contributed by atoms with Crippen molar-refractivity contribution in [3.8, 4) is 0 Å². The molecule has 3 N–H and O–H groups in total. The molecule has 0 aromatic heterocycles. The van der Waals surface area contributed by atoms with Crippen molar-refractivity contribution in [3.63, 3.8) is 0 Å². The van der Waals surface area contributed by atoms with Gasteiger partial charge in [-0.2, -0.15) is 0 Å². The Morgan fingerprint density at radius 2 is 1.78 bits per heavy atom. The lowest BCUT2D eigenvalue weighted by molar-refractivity contribution is -0.386. The van der Waals surface area contributed by atoms with Gasteiger partial charge in [-0.15, -0.1) is 0 Å². The maximum Gasteiger partial charge on any atom is 0.0997 e. The minimum atomic E-state index is -1.13. The van der Waals surface area contributed by atoms with Crippen LogP contribution in [0.1, 0.15) is 21.5 Å². The minimum absolute atomic E-state index is 0.220. The number of carboxylic acid groups (broad SMARTS) is 1. The molecular weight excluding hydrogens is 226 g/mol. The number of hydrogen-bond donors (Lipinski definition) is 1. The van der Waals surface area contributed by atoms with Crippen molar-refractivity contribution in [2.75, 3.05) is 0 Å². The van der Waals surface area contributed by atoms with Crippen LogP contribution in [0.25, 0.3) is 0 Å². The molecule has 94 valence electrons. The van der Waals surface area contributed by atoms with Crippen molar-refractivity contribution >= 4 is 5.97 Å². The van der Waals surface area contributed by atoms with Crippen molar-refractivity contribution in [2.24, 2.45) is 0 Å². The molecule has 2 rings (SSSR count). The van der Waals surface area contributed by atoms with E-state index in [9.17, 15) is 9.90 Å². The number of rotatable bonds is 2. The summed E-state index contributed by atoms with van der Waals surface area (Å²) in [5.41, 5.74) is 6.65. The van der Waals surface area contributed by atoms with E-state index in [1.54, 1.807) is 18.2 Å². The zero-order valence-electron chi connectivity index (χ0n) is 10.4. The number of carbonyl (C=O) groups excluding carboxylic acids is 1. The molecule has 18 heavy (non-hydrogen) atoms. The summed E-state index contributed by atoms with van der Waals surface area (Å²) >= 11 is 0. The molecule has 0 spiro atoms. The third-order valence-electron chi connectivity index (χ3n) is 2.38. The number of carboxylic acids is 1. The summed E-state index contributed by atoms with van der Waals surface area (Å²) < 4.78 is 0. The van der Waals surface area contributed by atoms with Gasteiger partial charge in [-0.05, 0) is 12.5 Å². The van der Waals surface area contributed by atoms with Gasteiger partial charge in [-0.1, -0.05) is 60.2 Å². The molecule has 0 aliphatic heterocycles. The highest BCUT2D eigenvalue weighted by Crippen LogP contribution is 2.00. The fourth-order valence-electron chi connectivity index (χ4n) is 1.44. The highest BCUT2D eigenvalue weighted by Gasteiger charge is 1.88. The maximum atomic E-state index is 10.1. The predicted octanol–water partition coefficient (Wildman–Crippen LogP) is 0.787. The molecule has 0 saturated heterocycles. The van der Waals surface area contributed by atoms with Gasteiger partial charge in [0, 0.05) is 5.56 Å². The molecule has 0 unspecified atom stereocenters. The lowest BCUT2D eigenvalue weighted by Gasteiger charge is -1.97. The van der Waals surface area contributed by atoms with E-state index in [1.165, 1.54) is 23.3 Å². The molecule has 0 amide bonds. The van der Waals surface area contributed by atoms with Crippen LogP contribution in [0.4, 0.5) is 0 Å².